The van der Waals surface area contributed by atoms with Crippen LogP contribution in [0.1, 0.15) is 12.0 Å². The standard InChI is InChI=1S/C14H17N.ClH/c1-15-11-9-14(10-12-15)8-7-13-5-3-2-4-6-13;/h2-9H,10-12H2,1H3;1H/b8-7+;. The molecule has 2 heteroatoms. The summed E-state index contributed by atoms with van der Waals surface area (Å²) in [6.07, 6.45) is 7.91. The Morgan fingerprint density at radius 2 is 1.88 bits per heavy atom. The van der Waals surface area contributed by atoms with Crippen LogP contribution in [-0.4, -0.2) is 25.0 Å². The van der Waals surface area contributed by atoms with Gasteiger partial charge in [-0.15, -0.1) is 12.4 Å². The van der Waals surface area contributed by atoms with Crippen LogP contribution in [0.3, 0.4) is 0 Å². The lowest BCUT2D eigenvalue weighted by molar-refractivity contribution is 0.361. The lowest BCUT2D eigenvalue weighted by atomic mass is 10.1. The SMILES string of the molecule is CN1CC=C(/C=C/c2ccccc2)CC1.Cl. The summed E-state index contributed by atoms with van der Waals surface area (Å²) >= 11 is 0. The minimum Gasteiger partial charge on any atom is -0.302 e. The summed E-state index contributed by atoms with van der Waals surface area (Å²) in [5, 5.41) is 0. The topological polar surface area (TPSA) is 3.24 Å². The van der Waals surface area contributed by atoms with Gasteiger partial charge in [-0.25, -0.2) is 0 Å². The number of likely N-dealkylation sites (N-methyl/N-ethyl adjacent to an activating group) is 1. The molecule has 0 N–H and O–H groups in total. The molecule has 0 saturated heterocycles. The monoisotopic (exact) mass is 235 g/mol. The third kappa shape index (κ3) is 3.84. The lowest BCUT2D eigenvalue weighted by Crippen LogP contribution is -2.23. The van der Waals surface area contributed by atoms with Gasteiger partial charge in [0.2, 0.25) is 0 Å². The molecule has 0 unspecified atom stereocenters. The highest BCUT2D eigenvalue weighted by Crippen LogP contribution is 2.12. The smallest absolute Gasteiger partial charge is 0.0165 e. The second-order valence-corrected chi connectivity index (χ2v) is 4.04. The summed E-state index contributed by atoms with van der Waals surface area (Å²) in [4.78, 5) is 2.33. The van der Waals surface area contributed by atoms with Gasteiger partial charge in [-0.3, -0.25) is 0 Å². The molecule has 0 radical (unpaired) electrons. The van der Waals surface area contributed by atoms with Crippen LogP contribution in [-0.2, 0) is 0 Å². The van der Waals surface area contributed by atoms with Crippen LogP contribution in [0.5, 0.6) is 0 Å². The van der Waals surface area contributed by atoms with Gasteiger partial charge in [-0.2, -0.15) is 0 Å². The Balaban J connectivity index is 0.00000128. The second-order valence-electron chi connectivity index (χ2n) is 4.04. The molecular weight excluding hydrogens is 218 g/mol. The molecule has 16 heavy (non-hydrogen) atoms. The van der Waals surface area contributed by atoms with Crippen molar-refractivity contribution < 1.29 is 0 Å². The Hall–Kier alpha value is -1.05. The molecule has 1 heterocycles. The zero-order valence-corrected chi connectivity index (χ0v) is 10.4. The van der Waals surface area contributed by atoms with Crippen molar-refractivity contribution in [3.05, 3.63) is 53.6 Å². The quantitative estimate of drug-likeness (QED) is 0.760. The molecule has 1 aliphatic heterocycles. The largest absolute Gasteiger partial charge is 0.302 e. The highest BCUT2D eigenvalue weighted by molar-refractivity contribution is 5.85. The summed E-state index contributed by atoms with van der Waals surface area (Å²) in [6.45, 7) is 2.25. The van der Waals surface area contributed by atoms with Crippen LogP contribution in [0, 0.1) is 0 Å². The van der Waals surface area contributed by atoms with Gasteiger partial charge in [0, 0.05) is 13.1 Å². The van der Waals surface area contributed by atoms with Gasteiger partial charge in [0.05, 0.1) is 0 Å². The fourth-order valence-corrected chi connectivity index (χ4v) is 1.71. The predicted octanol–water partition coefficient (Wildman–Crippen LogP) is 3.38. The van der Waals surface area contributed by atoms with Crippen molar-refractivity contribution in [3.63, 3.8) is 0 Å². The first-order chi connectivity index (χ1) is 7.34. The number of nitrogens with zero attached hydrogens (tertiary/aromatic N) is 1. The number of rotatable bonds is 2. The third-order valence-corrected chi connectivity index (χ3v) is 2.74. The average Bonchev–Trinajstić information content (AvgIpc) is 2.30. The molecule has 0 bridgehead atoms. The van der Waals surface area contributed by atoms with Crippen molar-refractivity contribution in [1.82, 2.24) is 4.90 Å². The van der Waals surface area contributed by atoms with Crippen molar-refractivity contribution >= 4 is 18.5 Å². The average molecular weight is 236 g/mol. The molecule has 0 saturated carbocycles. The molecule has 1 nitrogen and oxygen atoms in total. The first-order valence-electron chi connectivity index (χ1n) is 5.45. The molecule has 86 valence electrons. The van der Waals surface area contributed by atoms with E-state index in [4.69, 9.17) is 0 Å². The van der Waals surface area contributed by atoms with E-state index in [1.807, 2.05) is 6.07 Å². The highest BCUT2D eigenvalue weighted by atomic mass is 35.5. The lowest BCUT2D eigenvalue weighted by Gasteiger charge is -2.20. The zero-order valence-electron chi connectivity index (χ0n) is 9.60. The van der Waals surface area contributed by atoms with E-state index in [0.717, 1.165) is 6.54 Å². The van der Waals surface area contributed by atoms with Crippen molar-refractivity contribution in [2.75, 3.05) is 20.1 Å². The van der Waals surface area contributed by atoms with Crippen LogP contribution in [0.4, 0.5) is 0 Å². The molecule has 2 rings (SSSR count). The predicted molar refractivity (Wildman–Crippen MR) is 72.9 cm³/mol. The number of hydrogen-bond donors (Lipinski definition) is 0. The molecule has 1 aromatic carbocycles. The minimum atomic E-state index is 0. The molecule has 0 spiro atoms. The van der Waals surface area contributed by atoms with E-state index in [1.54, 1.807) is 0 Å². The van der Waals surface area contributed by atoms with Crippen LogP contribution < -0.4 is 0 Å². The Kier molecular flexibility index (Phi) is 5.30. The second kappa shape index (κ2) is 6.51. The van der Waals surface area contributed by atoms with Gasteiger partial charge in [0.1, 0.15) is 0 Å². The molecule has 0 fully saturated rings. The highest BCUT2D eigenvalue weighted by Gasteiger charge is 2.04. The van der Waals surface area contributed by atoms with Gasteiger partial charge in [-0.05, 0) is 24.6 Å². The first kappa shape index (κ1) is 13.0. The minimum absolute atomic E-state index is 0. The molecular formula is C14H18ClN. The Morgan fingerprint density at radius 3 is 2.50 bits per heavy atom. The van der Waals surface area contributed by atoms with Crippen LogP contribution in [0.15, 0.2) is 48.1 Å². The summed E-state index contributed by atoms with van der Waals surface area (Å²) in [5.74, 6) is 0. The van der Waals surface area contributed by atoms with E-state index >= 15 is 0 Å². The van der Waals surface area contributed by atoms with E-state index in [9.17, 15) is 0 Å². The Bertz CT molecular complexity index is 368. The molecule has 0 aliphatic carbocycles. The van der Waals surface area contributed by atoms with Gasteiger partial charge in [-0.1, -0.05) is 48.6 Å². The van der Waals surface area contributed by atoms with Gasteiger partial charge in [0.15, 0.2) is 0 Å². The van der Waals surface area contributed by atoms with E-state index in [-0.39, 0.29) is 12.4 Å². The fraction of sp³-hybridized carbons (Fsp3) is 0.286. The molecule has 0 atom stereocenters. The zero-order chi connectivity index (χ0) is 10.5. The van der Waals surface area contributed by atoms with Crippen LogP contribution in [0.25, 0.3) is 6.08 Å². The summed E-state index contributed by atoms with van der Waals surface area (Å²) in [7, 11) is 2.16. The number of allylic oxidation sites excluding steroid dienone is 1. The first-order valence-corrected chi connectivity index (χ1v) is 5.45. The maximum atomic E-state index is 2.33. The normalized spacial score (nSPS) is 16.9. The van der Waals surface area contributed by atoms with Gasteiger partial charge in [0.25, 0.3) is 0 Å². The van der Waals surface area contributed by atoms with Crippen LogP contribution >= 0.6 is 12.4 Å². The van der Waals surface area contributed by atoms with Crippen molar-refractivity contribution in [2.45, 2.75) is 6.42 Å². The summed E-state index contributed by atoms with van der Waals surface area (Å²) in [6, 6.07) is 10.5. The molecule has 0 amide bonds. The van der Waals surface area contributed by atoms with E-state index in [1.165, 1.54) is 24.1 Å². The molecule has 1 aliphatic rings. The third-order valence-electron chi connectivity index (χ3n) is 2.74. The molecule has 0 aromatic heterocycles. The van der Waals surface area contributed by atoms with E-state index in [0.29, 0.717) is 0 Å². The fourth-order valence-electron chi connectivity index (χ4n) is 1.71. The molecule has 1 aromatic rings. The summed E-state index contributed by atoms with van der Waals surface area (Å²) < 4.78 is 0. The van der Waals surface area contributed by atoms with Crippen molar-refractivity contribution in [1.29, 1.82) is 0 Å². The summed E-state index contributed by atoms with van der Waals surface area (Å²) in [5.41, 5.74) is 2.73. The van der Waals surface area contributed by atoms with Crippen LogP contribution in [0.2, 0.25) is 0 Å². The van der Waals surface area contributed by atoms with E-state index < -0.39 is 0 Å². The number of hydrogen-bond acceptors (Lipinski definition) is 1. The maximum Gasteiger partial charge on any atom is 0.0165 e. The Labute approximate surface area is 104 Å². The van der Waals surface area contributed by atoms with Crippen molar-refractivity contribution in [3.8, 4) is 0 Å². The van der Waals surface area contributed by atoms with Gasteiger partial charge < -0.3 is 4.90 Å². The Morgan fingerprint density at radius 1 is 1.12 bits per heavy atom. The number of halogens is 1. The van der Waals surface area contributed by atoms with E-state index in [2.05, 4.69) is 54.4 Å². The maximum absolute atomic E-state index is 2.33. The number of benzene rings is 1. The van der Waals surface area contributed by atoms with Gasteiger partial charge >= 0.3 is 0 Å². The van der Waals surface area contributed by atoms with Crippen molar-refractivity contribution in [2.24, 2.45) is 0 Å².